The Hall–Kier alpha value is -4.14. The zero-order chi connectivity index (χ0) is 29.5. The molecule has 0 radical (unpaired) electrons. The normalized spacial score (nSPS) is 19.9. The van der Waals surface area contributed by atoms with E-state index in [-0.39, 0.29) is 12.6 Å². The molecule has 2 aliphatic heterocycles. The van der Waals surface area contributed by atoms with Crippen molar-refractivity contribution < 1.29 is 19.1 Å². The number of allylic oxidation sites excluding steroid dienone is 1. The molecule has 2 unspecified atom stereocenters. The predicted molar refractivity (Wildman–Crippen MR) is 162 cm³/mol. The molecule has 218 valence electrons. The number of aliphatic imine (C=N–C) groups is 1. The lowest BCUT2D eigenvalue weighted by molar-refractivity contribution is -0.144. The van der Waals surface area contributed by atoms with E-state index in [0.29, 0.717) is 23.5 Å². The summed E-state index contributed by atoms with van der Waals surface area (Å²) in [5.74, 6) is -2.20. The molecule has 1 saturated heterocycles. The SMILES string of the molecule is COC(=O)C1C(C)=NC(C)=C(C(=O)OCCN2CCN(C(c3ccccc3)c3ccccc3)CC2)C1c1cccnc1. The maximum absolute atomic E-state index is 13.5. The summed E-state index contributed by atoms with van der Waals surface area (Å²) in [6.45, 7) is 8.02. The highest BCUT2D eigenvalue weighted by molar-refractivity contribution is 6.06. The Morgan fingerprint density at radius 1 is 0.905 bits per heavy atom. The van der Waals surface area contributed by atoms with Gasteiger partial charge in [-0.05, 0) is 36.6 Å². The molecule has 0 aliphatic carbocycles. The van der Waals surface area contributed by atoms with Gasteiger partial charge in [0.25, 0.3) is 0 Å². The van der Waals surface area contributed by atoms with E-state index in [0.717, 1.165) is 31.7 Å². The highest BCUT2D eigenvalue weighted by atomic mass is 16.5. The first-order chi connectivity index (χ1) is 20.5. The zero-order valence-electron chi connectivity index (χ0n) is 24.5. The van der Waals surface area contributed by atoms with E-state index in [1.165, 1.54) is 18.2 Å². The molecule has 0 spiro atoms. The minimum Gasteiger partial charge on any atom is -0.468 e. The van der Waals surface area contributed by atoms with E-state index in [1.54, 1.807) is 32.3 Å². The Morgan fingerprint density at radius 2 is 1.55 bits per heavy atom. The molecule has 8 nitrogen and oxygen atoms in total. The molecule has 0 N–H and O–H groups in total. The number of carbonyl (C=O) groups is 2. The summed E-state index contributed by atoms with van der Waals surface area (Å²) in [6.07, 6.45) is 3.34. The number of nitrogens with zero attached hydrogens (tertiary/aromatic N) is 4. The van der Waals surface area contributed by atoms with Crippen LogP contribution in [0.2, 0.25) is 0 Å². The van der Waals surface area contributed by atoms with Crippen LogP contribution >= 0.6 is 0 Å². The Morgan fingerprint density at radius 3 is 2.12 bits per heavy atom. The van der Waals surface area contributed by atoms with Crippen LogP contribution < -0.4 is 0 Å². The Kier molecular flexibility index (Phi) is 9.56. The van der Waals surface area contributed by atoms with E-state index in [1.807, 2.05) is 6.07 Å². The number of piperazine rings is 1. The first-order valence-electron chi connectivity index (χ1n) is 14.4. The first-order valence-corrected chi connectivity index (χ1v) is 14.4. The van der Waals surface area contributed by atoms with Crippen LogP contribution in [0.5, 0.6) is 0 Å². The average Bonchev–Trinajstić information content (AvgIpc) is 3.02. The molecule has 2 atom stereocenters. The van der Waals surface area contributed by atoms with Crippen molar-refractivity contribution in [3.8, 4) is 0 Å². The molecule has 5 rings (SSSR count). The first kappa shape index (κ1) is 29.4. The number of aromatic nitrogens is 1. The van der Waals surface area contributed by atoms with Crippen LogP contribution in [0, 0.1) is 5.92 Å². The largest absolute Gasteiger partial charge is 0.468 e. The average molecular weight is 567 g/mol. The van der Waals surface area contributed by atoms with Gasteiger partial charge in [-0.25, -0.2) is 4.79 Å². The van der Waals surface area contributed by atoms with Crippen LogP contribution in [0.25, 0.3) is 0 Å². The summed E-state index contributed by atoms with van der Waals surface area (Å²) < 4.78 is 10.9. The van der Waals surface area contributed by atoms with E-state index in [2.05, 4.69) is 80.4 Å². The summed E-state index contributed by atoms with van der Waals surface area (Å²) in [5.41, 5.74) is 4.85. The second kappa shape index (κ2) is 13.7. The Balaban J connectivity index is 1.23. The second-order valence-electron chi connectivity index (χ2n) is 10.8. The Labute approximate surface area is 247 Å². The third kappa shape index (κ3) is 6.50. The highest BCUT2D eigenvalue weighted by Gasteiger charge is 2.42. The van der Waals surface area contributed by atoms with Gasteiger partial charge in [0.1, 0.15) is 12.5 Å². The number of methoxy groups -OCH3 is 1. The van der Waals surface area contributed by atoms with Gasteiger partial charge in [-0.3, -0.25) is 24.6 Å². The van der Waals surface area contributed by atoms with Crippen molar-refractivity contribution in [1.82, 2.24) is 14.8 Å². The number of benzene rings is 2. The molecular weight excluding hydrogens is 528 g/mol. The van der Waals surface area contributed by atoms with E-state index in [4.69, 9.17) is 9.47 Å². The van der Waals surface area contributed by atoms with Crippen LogP contribution in [-0.2, 0) is 19.1 Å². The maximum atomic E-state index is 13.5. The summed E-state index contributed by atoms with van der Waals surface area (Å²) in [6, 6.07) is 25.1. The van der Waals surface area contributed by atoms with Crippen molar-refractivity contribution in [2.45, 2.75) is 25.8 Å². The lowest BCUT2D eigenvalue weighted by Gasteiger charge is -2.39. The van der Waals surface area contributed by atoms with Crippen molar-refractivity contribution in [2.24, 2.45) is 10.9 Å². The molecule has 3 heterocycles. The summed E-state index contributed by atoms with van der Waals surface area (Å²) in [5, 5.41) is 0. The lowest BCUT2D eigenvalue weighted by Crippen LogP contribution is -2.48. The fraction of sp³-hybridized carbons (Fsp3) is 0.353. The lowest BCUT2D eigenvalue weighted by atomic mass is 9.76. The number of hydrogen-bond donors (Lipinski definition) is 0. The van der Waals surface area contributed by atoms with Crippen molar-refractivity contribution in [1.29, 1.82) is 0 Å². The number of esters is 2. The van der Waals surface area contributed by atoms with E-state index in [9.17, 15) is 9.59 Å². The number of carbonyl (C=O) groups excluding carboxylic acids is 2. The predicted octanol–water partition coefficient (Wildman–Crippen LogP) is 4.65. The smallest absolute Gasteiger partial charge is 0.336 e. The van der Waals surface area contributed by atoms with Crippen molar-refractivity contribution in [3.05, 3.63) is 113 Å². The van der Waals surface area contributed by atoms with Gasteiger partial charge in [-0.2, -0.15) is 0 Å². The van der Waals surface area contributed by atoms with Gasteiger partial charge in [-0.15, -0.1) is 0 Å². The quantitative estimate of drug-likeness (QED) is 0.349. The van der Waals surface area contributed by atoms with Gasteiger partial charge in [0.15, 0.2) is 0 Å². The standard InChI is InChI=1S/C34H38N4O4/c1-24-29(33(39)41-3)31(28-15-10-16-35-23-28)30(25(2)36-24)34(40)42-22-21-37-17-19-38(20-18-37)32(26-11-6-4-7-12-26)27-13-8-5-9-14-27/h4-16,23,29,31-32H,17-22H2,1-3H3. The molecule has 42 heavy (non-hydrogen) atoms. The van der Waals surface area contributed by atoms with Gasteiger partial charge in [0, 0.05) is 62.4 Å². The van der Waals surface area contributed by atoms with Gasteiger partial charge in [0.2, 0.25) is 0 Å². The summed E-state index contributed by atoms with van der Waals surface area (Å²) >= 11 is 0. The second-order valence-corrected chi connectivity index (χ2v) is 10.8. The van der Waals surface area contributed by atoms with Gasteiger partial charge >= 0.3 is 11.9 Å². The Bertz CT molecular complexity index is 1380. The highest BCUT2D eigenvalue weighted by Crippen LogP contribution is 2.39. The van der Waals surface area contributed by atoms with Gasteiger partial charge < -0.3 is 9.47 Å². The fourth-order valence-corrected chi connectivity index (χ4v) is 6.13. The number of pyridine rings is 1. The summed E-state index contributed by atoms with van der Waals surface area (Å²) in [7, 11) is 1.35. The molecule has 0 amide bonds. The molecule has 1 aromatic heterocycles. The van der Waals surface area contributed by atoms with E-state index >= 15 is 0 Å². The van der Waals surface area contributed by atoms with Crippen LogP contribution in [0.15, 0.2) is 101 Å². The molecule has 2 aliphatic rings. The molecule has 8 heteroatoms. The minimum absolute atomic E-state index is 0.199. The van der Waals surface area contributed by atoms with Crippen LogP contribution in [0.1, 0.15) is 42.5 Å². The minimum atomic E-state index is -0.722. The van der Waals surface area contributed by atoms with Gasteiger partial charge in [-0.1, -0.05) is 66.7 Å². The molecule has 3 aromatic rings. The monoisotopic (exact) mass is 566 g/mol. The molecular formula is C34H38N4O4. The van der Waals surface area contributed by atoms with Gasteiger partial charge in [0.05, 0.1) is 18.7 Å². The topological polar surface area (TPSA) is 84.3 Å². The summed E-state index contributed by atoms with van der Waals surface area (Å²) in [4.78, 5) is 39.9. The van der Waals surface area contributed by atoms with Crippen molar-refractivity contribution in [3.63, 3.8) is 0 Å². The van der Waals surface area contributed by atoms with Crippen molar-refractivity contribution >= 4 is 17.7 Å². The fourth-order valence-electron chi connectivity index (χ4n) is 6.13. The molecule has 0 saturated carbocycles. The van der Waals surface area contributed by atoms with E-state index < -0.39 is 23.8 Å². The molecule has 2 aromatic carbocycles. The van der Waals surface area contributed by atoms with Crippen LogP contribution in [-0.4, -0.2) is 78.9 Å². The molecule has 1 fully saturated rings. The van der Waals surface area contributed by atoms with Crippen molar-refractivity contribution in [2.75, 3.05) is 46.4 Å². The maximum Gasteiger partial charge on any atom is 0.336 e. The van der Waals surface area contributed by atoms with Crippen LogP contribution in [0.4, 0.5) is 0 Å². The number of hydrogen-bond acceptors (Lipinski definition) is 8. The third-order valence-electron chi connectivity index (χ3n) is 8.19. The number of ether oxygens (including phenoxy) is 2. The van der Waals surface area contributed by atoms with Crippen LogP contribution in [0.3, 0.4) is 0 Å². The number of rotatable bonds is 9. The molecule has 0 bridgehead atoms. The zero-order valence-corrected chi connectivity index (χ0v) is 24.5. The third-order valence-corrected chi connectivity index (χ3v) is 8.19.